The smallest absolute Gasteiger partial charge is 0.339 e. The van der Waals surface area contributed by atoms with Gasteiger partial charge < -0.3 is 28.8 Å². The Balaban J connectivity index is 1.38. The summed E-state index contributed by atoms with van der Waals surface area (Å²) in [5, 5.41) is 10.5. The fourth-order valence-corrected chi connectivity index (χ4v) is 4.39. The number of aromatic nitrogens is 1. The molecular weight excluding hydrogens is 434 g/mol. The molecule has 0 atom stereocenters. The van der Waals surface area contributed by atoms with E-state index < -0.39 is 5.97 Å². The van der Waals surface area contributed by atoms with Gasteiger partial charge in [0.15, 0.2) is 0 Å². The molecule has 0 aliphatic carbocycles. The number of anilines is 1. The van der Waals surface area contributed by atoms with Crippen LogP contribution < -0.4 is 14.4 Å². The monoisotopic (exact) mass is 467 g/mol. The molecule has 1 aliphatic rings. The Kier molecular flexibility index (Phi) is 7.92. The molecule has 1 fully saturated rings. The van der Waals surface area contributed by atoms with Gasteiger partial charge in [-0.15, -0.1) is 0 Å². The number of carboxylic acids is 1. The Morgan fingerprint density at radius 3 is 2.56 bits per heavy atom. The Morgan fingerprint density at radius 2 is 1.82 bits per heavy atom. The van der Waals surface area contributed by atoms with E-state index >= 15 is 0 Å². The highest BCUT2D eigenvalue weighted by Gasteiger charge is 2.21. The zero-order valence-electron chi connectivity index (χ0n) is 19.9. The summed E-state index contributed by atoms with van der Waals surface area (Å²) in [5.74, 6) is 0.303. The van der Waals surface area contributed by atoms with Gasteiger partial charge in [0.2, 0.25) is 0 Å². The molecule has 2 aromatic carbocycles. The second-order valence-electron chi connectivity index (χ2n) is 8.27. The molecule has 0 radical (unpaired) electrons. The second-order valence-corrected chi connectivity index (χ2v) is 8.27. The molecule has 0 bridgehead atoms. The van der Waals surface area contributed by atoms with Crippen LogP contribution >= 0.6 is 0 Å². The van der Waals surface area contributed by atoms with Gasteiger partial charge in [-0.2, -0.15) is 0 Å². The van der Waals surface area contributed by atoms with Crippen LogP contribution in [0.2, 0.25) is 0 Å². The largest absolute Gasteiger partial charge is 0.497 e. The van der Waals surface area contributed by atoms with Crippen LogP contribution in [-0.2, 0) is 11.3 Å². The van der Waals surface area contributed by atoms with Crippen LogP contribution in [0, 0.1) is 0 Å². The maximum absolute atomic E-state index is 11.4. The highest BCUT2D eigenvalue weighted by Crippen LogP contribution is 2.33. The van der Waals surface area contributed by atoms with Gasteiger partial charge in [0.05, 0.1) is 24.9 Å². The highest BCUT2D eigenvalue weighted by molar-refractivity contribution is 5.94. The molecule has 2 heterocycles. The molecule has 1 aliphatic heterocycles. The number of fused-ring (bicyclic) bond motifs is 1. The highest BCUT2D eigenvalue weighted by atomic mass is 16.5. The number of nitrogens with zero attached hydrogens (tertiary/aromatic N) is 3. The van der Waals surface area contributed by atoms with Crippen molar-refractivity contribution in [3.63, 3.8) is 0 Å². The Hall–Kier alpha value is -3.23. The van der Waals surface area contributed by atoms with Gasteiger partial charge in [0.25, 0.3) is 0 Å². The van der Waals surface area contributed by atoms with Crippen LogP contribution in [0.25, 0.3) is 10.9 Å². The zero-order valence-corrected chi connectivity index (χ0v) is 19.9. The summed E-state index contributed by atoms with van der Waals surface area (Å²) in [6, 6.07) is 13.0. The molecule has 182 valence electrons. The van der Waals surface area contributed by atoms with Crippen molar-refractivity contribution in [1.29, 1.82) is 0 Å². The Bertz CT molecular complexity index is 1110. The zero-order chi connectivity index (χ0) is 23.9. The van der Waals surface area contributed by atoms with E-state index in [1.54, 1.807) is 31.4 Å². The van der Waals surface area contributed by atoms with Gasteiger partial charge in [0.1, 0.15) is 23.7 Å². The molecule has 1 saturated heterocycles. The maximum Gasteiger partial charge on any atom is 0.339 e. The van der Waals surface area contributed by atoms with E-state index in [9.17, 15) is 9.90 Å². The Labute approximate surface area is 200 Å². The lowest BCUT2D eigenvalue weighted by Crippen LogP contribution is -2.47. The number of hydrogen-bond donors (Lipinski definition) is 1. The molecule has 8 heteroatoms. The third kappa shape index (κ3) is 5.46. The molecule has 0 amide bonds. The lowest BCUT2D eigenvalue weighted by atomic mass is 10.2. The number of carboxylic acid groups (broad SMARTS) is 1. The molecule has 0 unspecified atom stereocenters. The average Bonchev–Trinajstić information content (AvgIpc) is 3.22. The topological polar surface area (TPSA) is 76.4 Å². The van der Waals surface area contributed by atoms with Crippen molar-refractivity contribution >= 4 is 22.6 Å². The van der Waals surface area contributed by atoms with Crippen molar-refractivity contribution < 1.29 is 24.1 Å². The maximum atomic E-state index is 11.4. The quantitative estimate of drug-likeness (QED) is 0.432. The number of methoxy groups -OCH3 is 1. The molecule has 8 nitrogen and oxygen atoms in total. The van der Waals surface area contributed by atoms with Crippen molar-refractivity contribution in [3.05, 3.63) is 54.2 Å². The van der Waals surface area contributed by atoms with Crippen molar-refractivity contribution in [2.24, 2.45) is 0 Å². The minimum Gasteiger partial charge on any atom is -0.497 e. The number of piperazine rings is 1. The summed E-state index contributed by atoms with van der Waals surface area (Å²) in [5.41, 5.74) is 2.60. The first kappa shape index (κ1) is 23.9. The van der Waals surface area contributed by atoms with Gasteiger partial charge in [-0.3, -0.25) is 4.90 Å². The van der Waals surface area contributed by atoms with Crippen LogP contribution in [0.15, 0.2) is 48.7 Å². The summed E-state index contributed by atoms with van der Waals surface area (Å²) >= 11 is 0. The number of carbonyl (C=O) groups is 1. The number of ether oxygens (including phenoxy) is 3. The molecule has 1 aromatic heterocycles. The summed E-state index contributed by atoms with van der Waals surface area (Å²) in [4.78, 5) is 16.1. The average molecular weight is 468 g/mol. The third-order valence-corrected chi connectivity index (χ3v) is 6.24. The van der Waals surface area contributed by atoms with E-state index in [0.29, 0.717) is 25.6 Å². The fourth-order valence-electron chi connectivity index (χ4n) is 4.39. The lowest BCUT2D eigenvalue weighted by molar-refractivity contribution is 0.0691. The SMILES string of the molecule is CCOCCn1cc(N2CCN(CCOc3ccccc3C(=O)O)CC2)c2cc(OC)ccc21. The van der Waals surface area contributed by atoms with E-state index in [2.05, 4.69) is 32.7 Å². The summed E-state index contributed by atoms with van der Waals surface area (Å²) in [7, 11) is 1.70. The fraction of sp³-hybridized carbons (Fsp3) is 0.423. The van der Waals surface area contributed by atoms with E-state index in [0.717, 1.165) is 45.0 Å². The standard InChI is InChI=1S/C26H33N3O5/c1-3-33-16-15-29-19-24(22-18-20(32-2)8-9-23(22)29)28-12-10-27(11-13-28)14-17-34-25-7-5-4-6-21(25)26(30)31/h4-9,18-19H,3,10-17H2,1-2H3,(H,30,31). The first-order valence-electron chi connectivity index (χ1n) is 11.8. The van der Waals surface area contributed by atoms with Gasteiger partial charge in [-0.05, 0) is 37.3 Å². The van der Waals surface area contributed by atoms with Gasteiger partial charge >= 0.3 is 5.97 Å². The normalized spacial score (nSPS) is 14.5. The van der Waals surface area contributed by atoms with Crippen LogP contribution in [0.5, 0.6) is 11.5 Å². The summed E-state index contributed by atoms with van der Waals surface area (Å²) in [6.45, 7) is 9.09. The molecule has 34 heavy (non-hydrogen) atoms. The number of benzene rings is 2. The van der Waals surface area contributed by atoms with Gasteiger partial charge in [0, 0.05) is 57.5 Å². The minimum atomic E-state index is -0.971. The molecule has 3 aromatic rings. The van der Waals surface area contributed by atoms with Crippen molar-refractivity contribution in [1.82, 2.24) is 9.47 Å². The lowest BCUT2D eigenvalue weighted by Gasteiger charge is -2.35. The van der Waals surface area contributed by atoms with Crippen LogP contribution in [0.4, 0.5) is 5.69 Å². The predicted octanol–water partition coefficient (Wildman–Crippen LogP) is 3.59. The Morgan fingerprint density at radius 1 is 1.03 bits per heavy atom. The molecule has 1 N–H and O–H groups in total. The molecule has 0 spiro atoms. The molecule has 4 rings (SSSR count). The predicted molar refractivity (Wildman–Crippen MR) is 133 cm³/mol. The number of para-hydroxylation sites is 1. The number of rotatable bonds is 11. The van der Waals surface area contributed by atoms with Gasteiger partial charge in [-0.25, -0.2) is 4.79 Å². The summed E-state index contributed by atoms with van der Waals surface area (Å²) in [6.07, 6.45) is 2.23. The van der Waals surface area contributed by atoms with Crippen LogP contribution in [-0.4, -0.2) is 80.2 Å². The molecule has 0 saturated carbocycles. The first-order chi connectivity index (χ1) is 16.6. The third-order valence-electron chi connectivity index (χ3n) is 6.24. The van der Waals surface area contributed by atoms with Crippen LogP contribution in [0.3, 0.4) is 0 Å². The van der Waals surface area contributed by atoms with Crippen LogP contribution in [0.1, 0.15) is 17.3 Å². The van der Waals surface area contributed by atoms with Gasteiger partial charge in [-0.1, -0.05) is 12.1 Å². The van der Waals surface area contributed by atoms with Crippen molar-refractivity contribution in [3.8, 4) is 11.5 Å². The van der Waals surface area contributed by atoms with E-state index in [1.165, 1.54) is 16.6 Å². The number of hydrogen-bond acceptors (Lipinski definition) is 6. The van der Waals surface area contributed by atoms with E-state index in [1.807, 2.05) is 13.0 Å². The second kappa shape index (κ2) is 11.3. The summed E-state index contributed by atoms with van der Waals surface area (Å²) < 4.78 is 19.1. The van der Waals surface area contributed by atoms with E-state index in [-0.39, 0.29) is 5.56 Å². The minimum absolute atomic E-state index is 0.198. The van der Waals surface area contributed by atoms with Crippen molar-refractivity contribution in [2.45, 2.75) is 13.5 Å². The number of aromatic carboxylic acids is 1. The first-order valence-corrected chi connectivity index (χ1v) is 11.8. The molecular formula is C26H33N3O5. The van der Waals surface area contributed by atoms with Crippen molar-refractivity contribution in [2.75, 3.05) is 64.6 Å². The van der Waals surface area contributed by atoms with E-state index in [4.69, 9.17) is 14.2 Å².